The summed E-state index contributed by atoms with van der Waals surface area (Å²) in [5.74, 6) is 0.548. The van der Waals surface area contributed by atoms with Gasteiger partial charge in [-0.2, -0.15) is 0 Å². The number of ketones is 2. The molecule has 5 aromatic rings. The number of rotatable bonds is 4. The summed E-state index contributed by atoms with van der Waals surface area (Å²) in [5.41, 5.74) is 6.65. The van der Waals surface area contributed by atoms with E-state index in [-0.39, 0.29) is 22.6 Å². The summed E-state index contributed by atoms with van der Waals surface area (Å²) in [4.78, 5) is 29.2. The van der Waals surface area contributed by atoms with Gasteiger partial charge in [0.05, 0.1) is 36.9 Å². The topological polar surface area (TPSA) is 55.8 Å². The lowest BCUT2D eigenvalue weighted by molar-refractivity contribution is 0.0990. The van der Waals surface area contributed by atoms with Crippen LogP contribution >= 0.6 is 0 Å². The molecule has 0 saturated carbocycles. The monoisotopic (exact) mass is 551 g/mol. The van der Waals surface area contributed by atoms with Crippen molar-refractivity contribution < 1.29 is 19.1 Å². The van der Waals surface area contributed by atoms with Crippen LogP contribution < -0.4 is 14.4 Å². The molecule has 0 unspecified atom stereocenters. The van der Waals surface area contributed by atoms with E-state index in [9.17, 15) is 9.59 Å². The van der Waals surface area contributed by atoms with Crippen LogP contribution in [0.2, 0.25) is 0 Å². The van der Waals surface area contributed by atoms with Crippen LogP contribution in [0.3, 0.4) is 0 Å². The number of benzene rings is 5. The van der Waals surface area contributed by atoms with Gasteiger partial charge in [-0.1, -0.05) is 74.5 Å². The lowest BCUT2D eigenvalue weighted by Gasteiger charge is -2.42. The van der Waals surface area contributed by atoms with Crippen LogP contribution in [0.5, 0.6) is 11.5 Å². The molecule has 0 radical (unpaired) electrons. The first-order chi connectivity index (χ1) is 20.3. The van der Waals surface area contributed by atoms with E-state index < -0.39 is 0 Å². The Morgan fingerprint density at radius 2 is 1.12 bits per heavy atom. The highest BCUT2D eigenvalue weighted by atomic mass is 16.5. The van der Waals surface area contributed by atoms with Crippen LogP contribution in [0.25, 0.3) is 16.8 Å². The van der Waals surface area contributed by atoms with Crippen LogP contribution in [-0.2, 0) is 5.41 Å². The fourth-order valence-electron chi connectivity index (χ4n) is 6.42. The highest BCUT2D eigenvalue weighted by Crippen LogP contribution is 2.54. The van der Waals surface area contributed by atoms with E-state index in [1.165, 1.54) is 11.1 Å². The fraction of sp³-hybridized carbons (Fsp3) is 0.135. The van der Waals surface area contributed by atoms with Crippen LogP contribution in [0.15, 0.2) is 103 Å². The quantitative estimate of drug-likeness (QED) is 0.166. The summed E-state index contributed by atoms with van der Waals surface area (Å²) in [6, 6.07) is 31.9. The van der Waals surface area contributed by atoms with E-state index in [4.69, 9.17) is 9.47 Å². The molecule has 5 heteroatoms. The second kappa shape index (κ2) is 9.45. The van der Waals surface area contributed by atoms with Gasteiger partial charge < -0.3 is 14.4 Å². The van der Waals surface area contributed by atoms with Gasteiger partial charge in [0.2, 0.25) is 0 Å². The number of carbonyl (C=O) groups is 2. The van der Waals surface area contributed by atoms with E-state index in [0.29, 0.717) is 28.2 Å². The number of allylic oxidation sites excluding steroid dienone is 1. The Kier molecular flexibility index (Phi) is 5.80. The summed E-state index contributed by atoms with van der Waals surface area (Å²) in [7, 11) is 3.22. The molecule has 0 saturated heterocycles. The van der Waals surface area contributed by atoms with Crippen molar-refractivity contribution in [1.82, 2.24) is 0 Å². The Labute approximate surface area is 244 Å². The first kappa shape index (κ1) is 25.8. The third-order valence-corrected chi connectivity index (χ3v) is 8.57. The first-order valence-electron chi connectivity index (χ1n) is 13.9. The predicted molar refractivity (Wildman–Crippen MR) is 167 cm³/mol. The number of carbonyl (C=O) groups excluding carboxylic acids is 2. The molecule has 1 heterocycles. The summed E-state index contributed by atoms with van der Waals surface area (Å²) in [6.07, 6.45) is 1.63. The third kappa shape index (κ3) is 3.70. The molecule has 0 N–H and O–H groups in total. The Morgan fingerprint density at radius 1 is 0.619 bits per heavy atom. The van der Waals surface area contributed by atoms with Gasteiger partial charge in [0.15, 0.2) is 11.6 Å². The minimum atomic E-state index is -0.285. The molecule has 7 rings (SSSR count). The Bertz CT molecular complexity index is 1880. The van der Waals surface area contributed by atoms with Crippen molar-refractivity contribution in [2.45, 2.75) is 19.3 Å². The van der Waals surface area contributed by atoms with Crippen molar-refractivity contribution in [2.75, 3.05) is 19.1 Å². The zero-order valence-corrected chi connectivity index (χ0v) is 23.9. The summed E-state index contributed by atoms with van der Waals surface area (Å²) in [5, 5.41) is 1.85. The van der Waals surface area contributed by atoms with Crippen molar-refractivity contribution >= 4 is 45.5 Å². The highest BCUT2D eigenvalue weighted by molar-refractivity contribution is 6.42. The highest BCUT2D eigenvalue weighted by Gasteiger charge is 2.38. The zero-order valence-electron chi connectivity index (χ0n) is 23.9. The average Bonchev–Trinajstić information content (AvgIpc) is 3.24. The number of fused-ring (bicyclic) bond motifs is 4. The van der Waals surface area contributed by atoms with Crippen molar-refractivity contribution in [1.29, 1.82) is 0 Å². The Morgan fingerprint density at radius 3 is 1.64 bits per heavy atom. The summed E-state index contributed by atoms with van der Waals surface area (Å²) >= 11 is 0. The van der Waals surface area contributed by atoms with E-state index in [1.54, 1.807) is 32.4 Å². The smallest absolute Gasteiger partial charge is 0.197 e. The molecule has 1 aliphatic carbocycles. The molecule has 0 amide bonds. The molecule has 0 fully saturated rings. The number of Topliss-reactive ketones (excluding diaryl/α,β-unsaturated/α-hetero) is 2. The van der Waals surface area contributed by atoms with Gasteiger partial charge in [0.1, 0.15) is 11.5 Å². The van der Waals surface area contributed by atoms with Gasteiger partial charge in [-0.25, -0.2) is 0 Å². The van der Waals surface area contributed by atoms with Crippen molar-refractivity contribution in [3.63, 3.8) is 0 Å². The maximum atomic E-state index is 13.5. The summed E-state index contributed by atoms with van der Waals surface area (Å²) in [6.45, 7) is 4.48. The molecule has 0 atom stereocenters. The van der Waals surface area contributed by atoms with Crippen LogP contribution in [0.4, 0.5) is 17.1 Å². The maximum absolute atomic E-state index is 13.5. The van der Waals surface area contributed by atoms with Crippen LogP contribution in [0.1, 0.15) is 51.3 Å². The molecular formula is C37H29NO4. The van der Waals surface area contributed by atoms with Crippen LogP contribution in [-0.4, -0.2) is 25.8 Å². The van der Waals surface area contributed by atoms with E-state index in [2.05, 4.69) is 55.1 Å². The fourth-order valence-corrected chi connectivity index (χ4v) is 6.42. The number of methoxy groups -OCH3 is 2. The molecule has 42 heavy (non-hydrogen) atoms. The van der Waals surface area contributed by atoms with E-state index >= 15 is 0 Å². The number of anilines is 3. The van der Waals surface area contributed by atoms with E-state index in [1.807, 2.05) is 48.5 Å². The predicted octanol–water partition coefficient (Wildman–Crippen LogP) is 8.43. The maximum Gasteiger partial charge on any atom is 0.197 e. The molecule has 0 bridgehead atoms. The number of ether oxygens (including phenoxy) is 2. The Hall–Kier alpha value is -5.16. The SMILES string of the molecule is COc1cc(N2c3ccccc3C(C)(C)c3ccccc32)c(OC)cc1C=C1C(=O)c2cc3ccccc3cc2C1=O. The van der Waals surface area contributed by atoms with Gasteiger partial charge in [-0.3, -0.25) is 9.59 Å². The molecule has 206 valence electrons. The normalized spacial score (nSPS) is 14.9. The zero-order chi connectivity index (χ0) is 29.2. The molecular weight excluding hydrogens is 522 g/mol. The van der Waals surface area contributed by atoms with Gasteiger partial charge in [0.25, 0.3) is 0 Å². The van der Waals surface area contributed by atoms with Gasteiger partial charge >= 0.3 is 0 Å². The van der Waals surface area contributed by atoms with Gasteiger partial charge in [-0.15, -0.1) is 0 Å². The van der Waals surface area contributed by atoms with Crippen molar-refractivity contribution in [3.05, 3.63) is 130 Å². The van der Waals surface area contributed by atoms with Gasteiger partial charge in [-0.05, 0) is 58.3 Å². The minimum Gasteiger partial charge on any atom is -0.496 e. The number of hydrogen-bond donors (Lipinski definition) is 0. The van der Waals surface area contributed by atoms with Crippen molar-refractivity contribution in [2.24, 2.45) is 0 Å². The Balaban J connectivity index is 1.39. The number of hydrogen-bond acceptors (Lipinski definition) is 5. The van der Waals surface area contributed by atoms with Crippen LogP contribution in [0, 0.1) is 0 Å². The van der Waals surface area contributed by atoms with Crippen molar-refractivity contribution in [3.8, 4) is 11.5 Å². The molecule has 0 aromatic heterocycles. The second-order valence-electron chi connectivity index (χ2n) is 11.2. The second-order valence-corrected chi connectivity index (χ2v) is 11.2. The van der Waals surface area contributed by atoms with Gasteiger partial charge in [0, 0.05) is 28.2 Å². The standard InChI is InChI=1S/C37H29NO4/c1-37(2)28-13-7-9-15-30(28)38(31-16-10-8-14-29(31)37)32-21-33(41-3)24(20-34(32)42-4)19-27-35(39)25-17-22-11-5-6-12-23(22)18-26(25)36(27)40/h5-21H,1-4H3. The largest absolute Gasteiger partial charge is 0.496 e. The lowest BCUT2D eigenvalue weighted by atomic mass is 9.73. The van der Waals surface area contributed by atoms with E-state index in [0.717, 1.165) is 27.8 Å². The lowest BCUT2D eigenvalue weighted by Crippen LogP contribution is -2.30. The first-order valence-corrected chi connectivity index (χ1v) is 13.9. The molecule has 1 aliphatic heterocycles. The number of para-hydroxylation sites is 2. The summed E-state index contributed by atoms with van der Waals surface area (Å²) < 4.78 is 11.8. The molecule has 0 spiro atoms. The third-order valence-electron chi connectivity index (χ3n) is 8.57. The average molecular weight is 552 g/mol. The molecule has 2 aliphatic rings. The minimum absolute atomic E-state index is 0.115. The number of nitrogens with zero attached hydrogens (tertiary/aromatic N) is 1. The molecule has 5 aromatic carbocycles. The molecule has 5 nitrogen and oxygen atoms in total.